The Bertz CT molecular complexity index is 924. The highest BCUT2D eigenvalue weighted by Crippen LogP contribution is 2.13. The highest BCUT2D eigenvalue weighted by atomic mass is 32.1. The molecule has 112 valence electrons. The molecule has 1 amide bonds. The van der Waals surface area contributed by atoms with Gasteiger partial charge in [-0.25, -0.2) is 4.98 Å². The van der Waals surface area contributed by atoms with Crippen molar-refractivity contribution in [1.29, 1.82) is 0 Å². The molecule has 0 fully saturated rings. The number of nitrogens with zero attached hydrogens (tertiary/aromatic N) is 5. The molecule has 1 N–H and O–H groups in total. The number of hydrogen-bond donors (Lipinski definition) is 1. The average Bonchev–Trinajstić information content (AvgIpc) is 3.22. The van der Waals surface area contributed by atoms with Gasteiger partial charge in [-0.2, -0.15) is 0 Å². The Labute approximate surface area is 128 Å². The van der Waals surface area contributed by atoms with E-state index >= 15 is 0 Å². The van der Waals surface area contributed by atoms with Crippen molar-refractivity contribution in [2.24, 2.45) is 0 Å². The number of carbonyl (C=O) groups excluding carboxylic acids is 1. The van der Waals surface area contributed by atoms with Crippen molar-refractivity contribution in [3.63, 3.8) is 0 Å². The third-order valence-corrected chi connectivity index (χ3v) is 4.45. The van der Waals surface area contributed by atoms with E-state index in [-0.39, 0.29) is 17.7 Å². The van der Waals surface area contributed by atoms with Crippen molar-refractivity contribution in [1.82, 2.24) is 29.5 Å². The third kappa shape index (κ3) is 2.01. The largest absolute Gasteiger partial charge is 0.345 e. The molecular weight excluding hydrogens is 304 g/mol. The minimum absolute atomic E-state index is 0.0251. The van der Waals surface area contributed by atoms with Crippen LogP contribution < -0.4 is 10.9 Å². The molecule has 0 atom stereocenters. The fraction of sp³-hybridized carbons (Fsp3) is 0.308. The van der Waals surface area contributed by atoms with Crippen molar-refractivity contribution in [3.05, 3.63) is 45.3 Å². The molecule has 9 heteroatoms. The van der Waals surface area contributed by atoms with Gasteiger partial charge in [-0.05, 0) is 6.42 Å². The molecule has 0 saturated carbocycles. The molecule has 1 aliphatic rings. The van der Waals surface area contributed by atoms with Crippen LogP contribution in [0.3, 0.4) is 0 Å². The van der Waals surface area contributed by atoms with E-state index in [9.17, 15) is 9.59 Å². The van der Waals surface area contributed by atoms with Crippen LogP contribution in [0.25, 0.3) is 4.96 Å². The monoisotopic (exact) mass is 316 g/mol. The predicted octanol–water partition coefficient (Wildman–Crippen LogP) is 0.224. The minimum Gasteiger partial charge on any atom is -0.345 e. The maximum absolute atomic E-state index is 12.2. The highest BCUT2D eigenvalue weighted by molar-refractivity contribution is 7.15. The van der Waals surface area contributed by atoms with E-state index in [1.807, 2.05) is 4.57 Å². The molecule has 0 bridgehead atoms. The molecule has 0 unspecified atom stereocenters. The summed E-state index contributed by atoms with van der Waals surface area (Å²) in [6.07, 6.45) is 4.89. The first kappa shape index (κ1) is 13.1. The molecule has 4 heterocycles. The normalized spacial score (nSPS) is 13.5. The van der Waals surface area contributed by atoms with Crippen molar-refractivity contribution >= 4 is 22.2 Å². The second-order valence-electron chi connectivity index (χ2n) is 5.00. The molecule has 0 spiro atoms. The number of thiazole rings is 1. The van der Waals surface area contributed by atoms with Gasteiger partial charge in [0.2, 0.25) is 0 Å². The zero-order valence-corrected chi connectivity index (χ0v) is 12.3. The number of hydrogen-bond acceptors (Lipinski definition) is 6. The van der Waals surface area contributed by atoms with E-state index in [0.29, 0.717) is 10.8 Å². The molecule has 3 aromatic rings. The summed E-state index contributed by atoms with van der Waals surface area (Å²) in [5.41, 5.74) is -0.340. The van der Waals surface area contributed by atoms with Crippen LogP contribution >= 0.6 is 11.3 Å². The molecule has 8 nitrogen and oxygen atoms in total. The van der Waals surface area contributed by atoms with Crippen LogP contribution in [0.4, 0.5) is 0 Å². The number of fused-ring (bicyclic) bond motifs is 2. The first-order valence-electron chi connectivity index (χ1n) is 6.88. The van der Waals surface area contributed by atoms with Gasteiger partial charge < -0.3 is 9.88 Å². The Balaban J connectivity index is 1.56. The van der Waals surface area contributed by atoms with Crippen LogP contribution in [0.5, 0.6) is 0 Å². The van der Waals surface area contributed by atoms with Crippen LogP contribution in [0.2, 0.25) is 0 Å². The van der Waals surface area contributed by atoms with E-state index in [4.69, 9.17) is 0 Å². The Morgan fingerprint density at radius 2 is 2.32 bits per heavy atom. The summed E-state index contributed by atoms with van der Waals surface area (Å²) >= 11 is 1.35. The van der Waals surface area contributed by atoms with Gasteiger partial charge in [-0.15, -0.1) is 21.5 Å². The Morgan fingerprint density at radius 1 is 1.41 bits per heavy atom. The number of aromatic nitrogens is 5. The first-order valence-corrected chi connectivity index (χ1v) is 7.76. The van der Waals surface area contributed by atoms with Crippen LogP contribution in [0, 0.1) is 0 Å². The number of nitrogens with one attached hydrogen (secondary N) is 1. The summed E-state index contributed by atoms with van der Waals surface area (Å²) in [4.78, 5) is 29.1. The summed E-state index contributed by atoms with van der Waals surface area (Å²) in [6.45, 7) is 1.12. The summed E-state index contributed by atoms with van der Waals surface area (Å²) in [5.74, 6) is 1.21. The van der Waals surface area contributed by atoms with Crippen LogP contribution in [-0.2, 0) is 19.5 Å². The zero-order valence-electron chi connectivity index (χ0n) is 11.5. The summed E-state index contributed by atoms with van der Waals surface area (Å²) in [7, 11) is 0. The Morgan fingerprint density at radius 3 is 3.23 bits per heavy atom. The fourth-order valence-corrected chi connectivity index (χ4v) is 3.25. The average molecular weight is 316 g/mol. The lowest BCUT2D eigenvalue weighted by atomic mass is 10.3. The van der Waals surface area contributed by atoms with Gasteiger partial charge in [0, 0.05) is 30.7 Å². The van der Waals surface area contributed by atoms with E-state index in [1.54, 1.807) is 11.6 Å². The highest BCUT2D eigenvalue weighted by Gasteiger charge is 2.19. The zero-order chi connectivity index (χ0) is 15.1. The summed E-state index contributed by atoms with van der Waals surface area (Å²) in [6, 6.07) is 0. The molecule has 0 aromatic carbocycles. The Hall–Kier alpha value is -2.55. The predicted molar refractivity (Wildman–Crippen MR) is 78.9 cm³/mol. The number of rotatable bonds is 3. The number of amides is 1. The summed E-state index contributed by atoms with van der Waals surface area (Å²) in [5, 5.41) is 12.6. The van der Waals surface area contributed by atoms with Gasteiger partial charge in [0.15, 0.2) is 10.8 Å². The van der Waals surface area contributed by atoms with Gasteiger partial charge in [0.05, 0.1) is 6.54 Å². The lowest BCUT2D eigenvalue weighted by Gasteiger charge is -2.05. The smallest absolute Gasteiger partial charge is 0.271 e. The van der Waals surface area contributed by atoms with Crippen molar-refractivity contribution < 1.29 is 4.79 Å². The standard InChI is InChI=1S/C13H12N6O2S/c20-11(8-6-15-13-19(12(8)21)4-5-22-13)14-7-10-17-16-9-2-1-3-18(9)10/h4-6H,1-3,7H2,(H,14,20). The molecule has 0 aliphatic carbocycles. The van der Waals surface area contributed by atoms with Gasteiger partial charge in [-0.3, -0.25) is 14.0 Å². The second-order valence-corrected chi connectivity index (χ2v) is 5.88. The maximum Gasteiger partial charge on any atom is 0.271 e. The first-order chi connectivity index (χ1) is 10.7. The maximum atomic E-state index is 12.2. The van der Waals surface area contributed by atoms with Crippen molar-refractivity contribution in [2.45, 2.75) is 25.9 Å². The minimum atomic E-state index is -0.451. The van der Waals surface area contributed by atoms with Crippen LogP contribution in [0.1, 0.15) is 28.4 Å². The molecule has 22 heavy (non-hydrogen) atoms. The van der Waals surface area contributed by atoms with E-state index in [2.05, 4.69) is 20.5 Å². The molecule has 0 saturated heterocycles. The number of aryl methyl sites for hydroxylation is 1. The SMILES string of the molecule is O=C(NCc1nnc2n1CCC2)c1cnc2sccn2c1=O. The van der Waals surface area contributed by atoms with Gasteiger partial charge in [-0.1, -0.05) is 0 Å². The quantitative estimate of drug-likeness (QED) is 0.746. The van der Waals surface area contributed by atoms with Crippen molar-refractivity contribution in [2.75, 3.05) is 0 Å². The van der Waals surface area contributed by atoms with Crippen molar-refractivity contribution in [3.8, 4) is 0 Å². The molecular formula is C13H12N6O2S. The second kappa shape index (κ2) is 5.02. The molecule has 1 aliphatic heterocycles. The lowest BCUT2D eigenvalue weighted by molar-refractivity contribution is 0.0947. The van der Waals surface area contributed by atoms with Gasteiger partial charge in [0.1, 0.15) is 11.4 Å². The molecule has 3 aromatic heterocycles. The topological polar surface area (TPSA) is 94.2 Å². The van der Waals surface area contributed by atoms with Gasteiger partial charge >= 0.3 is 0 Å². The lowest BCUT2D eigenvalue weighted by Crippen LogP contribution is -2.31. The van der Waals surface area contributed by atoms with E-state index < -0.39 is 5.91 Å². The van der Waals surface area contributed by atoms with E-state index in [1.165, 1.54) is 21.9 Å². The fourth-order valence-electron chi connectivity index (χ4n) is 2.58. The molecule has 0 radical (unpaired) electrons. The van der Waals surface area contributed by atoms with Crippen LogP contribution in [-0.4, -0.2) is 30.1 Å². The third-order valence-electron chi connectivity index (χ3n) is 3.68. The van der Waals surface area contributed by atoms with Gasteiger partial charge in [0.25, 0.3) is 11.5 Å². The summed E-state index contributed by atoms with van der Waals surface area (Å²) < 4.78 is 3.38. The Kier molecular flexibility index (Phi) is 3.00. The van der Waals surface area contributed by atoms with E-state index in [0.717, 1.165) is 25.2 Å². The van der Waals surface area contributed by atoms with Crippen LogP contribution in [0.15, 0.2) is 22.6 Å². The molecule has 4 rings (SSSR count). The number of carbonyl (C=O) groups is 1.